The van der Waals surface area contributed by atoms with Crippen molar-refractivity contribution >= 4 is 10.0 Å². The Labute approximate surface area is 186 Å². The van der Waals surface area contributed by atoms with Crippen molar-refractivity contribution in [3.05, 3.63) is 71.8 Å². The highest BCUT2D eigenvalue weighted by Crippen LogP contribution is 2.34. The molecule has 31 heavy (non-hydrogen) atoms. The minimum absolute atomic E-state index is 0.0572. The van der Waals surface area contributed by atoms with Crippen LogP contribution in [0.15, 0.2) is 60.7 Å². The molecule has 1 N–H and O–H groups in total. The summed E-state index contributed by atoms with van der Waals surface area (Å²) < 4.78 is 33.0. The van der Waals surface area contributed by atoms with Gasteiger partial charge >= 0.3 is 0 Å². The molecule has 2 aromatic carbocycles. The zero-order chi connectivity index (χ0) is 21.7. The second-order valence-corrected chi connectivity index (χ2v) is 10.8. The number of hydrogen-bond donors (Lipinski definition) is 1. The van der Waals surface area contributed by atoms with Gasteiger partial charge in [0.2, 0.25) is 10.0 Å². The summed E-state index contributed by atoms with van der Waals surface area (Å²) in [5.41, 5.74) is 2.68. The van der Waals surface area contributed by atoms with Gasteiger partial charge in [-0.3, -0.25) is 4.90 Å². The van der Waals surface area contributed by atoms with E-state index in [1.165, 1.54) is 17.4 Å². The van der Waals surface area contributed by atoms with Crippen molar-refractivity contribution in [2.75, 3.05) is 19.4 Å². The number of sulfonamides is 1. The fourth-order valence-corrected chi connectivity index (χ4v) is 5.91. The van der Waals surface area contributed by atoms with Crippen molar-refractivity contribution in [3.63, 3.8) is 0 Å². The normalized spacial score (nSPS) is 27.4. The molecular weight excluding hydrogens is 408 g/mol. The highest BCUT2D eigenvalue weighted by Gasteiger charge is 2.36. The first-order valence-corrected chi connectivity index (χ1v) is 13.3. The summed E-state index contributed by atoms with van der Waals surface area (Å²) in [6.07, 6.45) is 6.75. The number of nitrogens with zero attached hydrogens (tertiary/aromatic N) is 1. The van der Waals surface area contributed by atoms with Crippen LogP contribution < -0.4 is 4.72 Å². The maximum absolute atomic E-state index is 11.9. The zero-order valence-electron chi connectivity index (χ0n) is 18.3. The monoisotopic (exact) mass is 442 g/mol. The van der Waals surface area contributed by atoms with Crippen molar-refractivity contribution in [2.45, 2.75) is 62.8 Å². The van der Waals surface area contributed by atoms with Crippen molar-refractivity contribution in [1.29, 1.82) is 0 Å². The number of hydrogen-bond acceptors (Lipinski definition) is 4. The Bertz CT molecular complexity index is 912. The van der Waals surface area contributed by atoms with Crippen LogP contribution in [0.25, 0.3) is 0 Å². The van der Waals surface area contributed by atoms with Gasteiger partial charge in [-0.05, 0) is 49.1 Å². The van der Waals surface area contributed by atoms with Crippen LogP contribution in [0.3, 0.4) is 0 Å². The van der Waals surface area contributed by atoms with Gasteiger partial charge in [-0.1, -0.05) is 60.7 Å². The maximum Gasteiger partial charge on any atom is 0.209 e. The van der Waals surface area contributed by atoms with Crippen LogP contribution in [-0.4, -0.2) is 50.9 Å². The van der Waals surface area contributed by atoms with Gasteiger partial charge in [-0.2, -0.15) is 0 Å². The van der Waals surface area contributed by atoms with E-state index in [1.807, 2.05) is 18.2 Å². The first-order valence-electron chi connectivity index (χ1n) is 11.4. The van der Waals surface area contributed by atoms with Crippen LogP contribution in [0.2, 0.25) is 0 Å². The molecule has 0 spiro atoms. The van der Waals surface area contributed by atoms with Gasteiger partial charge in [0.05, 0.1) is 19.0 Å². The molecule has 2 aliphatic rings. The largest absolute Gasteiger partial charge is 0.377 e. The Morgan fingerprint density at radius 1 is 0.935 bits per heavy atom. The van der Waals surface area contributed by atoms with E-state index in [1.54, 1.807) is 0 Å². The Morgan fingerprint density at radius 2 is 1.58 bits per heavy atom. The van der Waals surface area contributed by atoms with Crippen LogP contribution in [0.4, 0.5) is 0 Å². The third-order valence-corrected chi connectivity index (χ3v) is 7.43. The highest BCUT2D eigenvalue weighted by atomic mass is 32.2. The Kier molecular flexibility index (Phi) is 7.43. The van der Waals surface area contributed by atoms with Gasteiger partial charge in [-0.25, -0.2) is 13.1 Å². The molecule has 1 heterocycles. The quantitative estimate of drug-likeness (QED) is 0.673. The summed E-state index contributed by atoms with van der Waals surface area (Å²) in [6.45, 7) is 2.26. The predicted octanol–water partition coefficient (Wildman–Crippen LogP) is 3.92. The van der Waals surface area contributed by atoms with Gasteiger partial charge in [0.25, 0.3) is 0 Å². The number of nitrogens with one attached hydrogen (secondary N) is 1. The van der Waals surface area contributed by atoms with Gasteiger partial charge in [-0.15, -0.1) is 0 Å². The summed E-state index contributed by atoms with van der Waals surface area (Å²) in [6, 6.07) is 21.1. The third kappa shape index (κ3) is 6.39. The molecule has 1 aliphatic heterocycles. The molecule has 168 valence electrons. The van der Waals surface area contributed by atoms with Crippen molar-refractivity contribution in [1.82, 2.24) is 9.62 Å². The lowest BCUT2D eigenvalue weighted by molar-refractivity contribution is -0.00739. The van der Waals surface area contributed by atoms with Gasteiger partial charge in [0, 0.05) is 25.2 Å². The fraction of sp³-hybridized carbons (Fsp3) is 0.520. The molecule has 5 nitrogen and oxygen atoms in total. The van der Waals surface area contributed by atoms with Gasteiger partial charge in [0.15, 0.2) is 0 Å². The Morgan fingerprint density at radius 3 is 2.23 bits per heavy atom. The lowest BCUT2D eigenvalue weighted by Gasteiger charge is -2.33. The second kappa shape index (κ2) is 10.3. The molecule has 0 bridgehead atoms. The lowest BCUT2D eigenvalue weighted by atomic mass is 9.83. The predicted molar refractivity (Wildman–Crippen MR) is 124 cm³/mol. The average molecular weight is 443 g/mol. The molecule has 1 saturated carbocycles. The highest BCUT2D eigenvalue weighted by molar-refractivity contribution is 7.88. The minimum Gasteiger partial charge on any atom is -0.377 e. The van der Waals surface area contributed by atoms with Crippen LogP contribution in [0, 0.1) is 0 Å². The van der Waals surface area contributed by atoms with Crippen molar-refractivity contribution in [3.8, 4) is 0 Å². The Balaban J connectivity index is 1.35. The van der Waals surface area contributed by atoms with Crippen molar-refractivity contribution < 1.29 is 13.2 Å². The standard InChI is InChI=1S/C25H34N2O3S/c1-31(28,29)26-24-16-17-27(18-20-8-4-2-5-9-20)25(24)19-30-23-14-12-22(13-15-23)21-10-6-3-7-11-21/h2-11,22-26H,12-19H2,1H3/t22-,23+,24-,25-/m1/s1. The molecule has 4 rings (SSSR count). The van der Waals surface area contributed by atoms with E-state index in [4.69, 9.17) is 4.74 Å². The molecule has 1 aliphatic carbocycles. The smallest absolute Gasteiger partial charge is 0.209 e. The molecular formula is C25H34N2O3S. The molecule has 0 amide bonds. The third-order valence-electron chi connectivity index (χ3n) is 6.70. The molecule has 0 radical (unpaired) electrons. The molecule has 1 saturated heterocycles. The Hall–Kier alpha value is -1.73. The van der Waals surface area contributed by atoms with E-state index in [-0.39, 0.29) is 18.2 Å². The van der Waals surface area contributed by atoms with E-state index in [9.17, 15) is 8.42 Å². The zero-order valence-corrected chi connectivity index (χ0v) is 19.1. The molecule has 6 heteroatoms. The summed E-state index contributed by atoms with van der Waals surface area (Å²) in [5, 5.41) is 0. The molecule has 2 fully saturated rings. The summed E-state index contributed by atoms with van der Waals surface area (Å²) >= 11 is 0. The minimum atomic E-state index is -3.25. The summed E-state index contributed by atoms with van der Waals surface area (Å²) in [5.74, 6) is 0.627. The second-order valence-electron chi connectivity index (χ2n) is 9.03. The van der Waals surface area contributed by atoms with Crippen LogP contribution in [-0.2, 0) is 21.3 Å². The number of benzene rings is 2. The van der Waals surface area contributed by atoms with E-state index < -0.39 is 10.0 Å². The average Bonchev–Trinajstić information content (AvgIpc) is 3.13. The van der Waals surface area contributed by atoms with E-state index in [0.717, 1.165) is 45.2 Å². The van der Waals surface area contributed by atoms with Crippen LogP contribution in [0.1, 0.15) is 49.1 Å². The van der Waals surface area contributed by atoms with Gasteiger partial charge in [0.1, 0.15) is 0 Å². The summed E-state index contributed by atoms with van der Waals surface area (Å²) in [7, 11) is -3.25. The molecule has 0 unspecified atom stereocenters. The molecule has 0 aromatic heterocycles. The topological polar surface area (TPSA) is 58.6 Å². The molecule has 2 atom stereocenters. The van der Waals surface area contributed by atoms with Crippen molar-refractivity contribution in [2.24, 2.45) is 0 Å². The fourth-order valence-electron chi connectivity index (χ4n) is 5.09. The number of likely N-dealkylation sites (tertiary alicyclic amines) is 1. The van der Waals surface area contributed by atoms with Crippen LogP contribution in [0.5, 0.6) is 0 Å². The lowest BCUT2D eigenvalue weighted by Crippen LogP contribution is -2.47. The number of ether oxygens (including phenoxy) is 1. The van der Waals surface area contributed by atoms with E-state index >= 15 is 0 Å². The van der Waals surface area contributed by atoms with E-state index in [0.29, 0.717) is 12.5 Å². The molecule has 2 aromatic rings. The first-order chi connectivity index (χ1) is 15.0. The first kappa shape index (κ1) is 22.5. The maximum atomic E-state index is 11.9. The SMILES string of the molecule is CS(=O)(=O)N[C@@H]1CCN(Cc2ccccc2)[C@@H]1CO[C@H]1CC[C@@H](c2ccccc2)CC1. The van der Waals surface area contributed by atoms with Gasteiger partial charge < -0.3 is 4.74 Å². The van der Waals surface area contributed by atoms with E-state index in [2.05, 4.69) is 52.1 Å². The number of rotatable bonds is 8. The summed E-state index contributed by atoms with van der Waals surface area (Å²) in [4.78, 5) is 2.37. The van der Waals surface area contributed by atoms with Crippen LogP contribution >= 0.6 is 0 Å².